The fourth-order valence-corrected chi connectivity index (χ4v) is 3.24. The highest BCUT2D eigenvalue weighted by atomic mass is 16.5. The summed E-state index contributed by atoms with van der Waals surface area (Å²) >= 11 is 0. The minimum Gasteiger partial charge on any atom is -0.484 e. The van der Waals surface area contributed by atoms with Gasteiger partial charge in [0.2, 0.25) is 5.91 Å². The fourth-order valence-electron chi connectivity index (χ4n) is 3.24. The van der Waals surface area contributed by atoms with E-state index in [9.17, 15) is 19.5 Å². The lowest BCUT2D eigenvalue weighted by atomic mass is 9.99. The van der Waals surface area contributed by atoms with Gasteiger partial charge in [0.15, 0.2) is 6.61 Å². The van der Waals surface area contributed by atoms with Crippen molar-refractivity contribution in [2.24, 2.45) is 5.92 Å². The van der Waals surface area contributed by atoms with E-state index in [4.69, 9.17) is 4.74 Å². The molecule has 2 N–H and O–H groups in total. The highest BCUT2D eigenvalue weighted by Gasteiger charge is 2.22. The lowest BCUT2D eigenvalue weighted by Crippen LogP contribution is -2.36. The molecule has 3 rings (SSSR count). The Morgan fingerprint density at radius 3 is 2.62 bits per heavy atom. The molecule has 0 bridgehead atoms. The van der Waals surface area contributed by atoms with Crippen LogP contribution in [0.15, 0.2) is 54.6 Å². The first-order valence-corrected chi connectivity index (χ1v) is 9.59. The normalized spacial score (nSPS) is 14.5. The number of nitrogens with zero attached hydrogens (tertiary/aromatic N) is 1. The molecule has 1 saturated heterocycles. The number of hydrogen-bond donors (Lipinski definition) is 2. The van der Waals surface area contributed by atoms with Gasteiger partial charge in [-0.05, 0) is 30.5 Å². The summed E-state index contributed by atoms with van der Waals surface area (Å²) in [6.07, 6.45) is 1.71. The van der Waals surface area contributed by atoms with Crippen LogP contribution in [-0.4, -0.2) is 42.6 Å². The van der Waals surface area contributed by atoms with E-state index in [-0.39, 0.29) is 19.1 Å². The minimum absolute atomic E-state index is 0.0226. The van der Waals surface area contributed by atoms with Gasteiger partial charge in [0.25, 0.3) is 5.91 Å². The Balaban J connectivity index is 1.49. The van der Waals surface area contributed by atoms with E-state index in [0.717, 1.165) is 17.7 Å². The third-order valence-corrected chi connectivity index (χ3v) is 4.79. The molecule has 1 aliphatic rings. The molecule has 2 aromatic rings. The Hall–Kier alpha value is -3.35. The summed E-state index contributed by atoms with van der Waals surface area (Å²) in [5, 5.41) is 12.0. The standard InChI is InChI=1S/C22H24N2O5/c25-20(23-14-17(22(27)28)12-16-6-2-1-3-7-16)15-29-19-9-4-8-18(13-19)24-11-5-10-21(24)26/h1-4,6-9,13,17H,5,10-12,14-15H2,(H,23,25)(H,27,28). The van der Waals surface area contributed by atoms with Gasteiger partial charge in [-0.2, -0.15) is 0 Å². The number of carboxylic acids is 1. The maximum atomic E-state index is 12.1. The average molecular weight is 396 g/mol. The highest BCUT2D eigenvalue weighted by molar-refractivity contribution is 5.95. The van der Waals surface area contributed by atoms with Gasteiger partial charge in [-0.1, -0.05) is 36.4 Å². The number of benzene rings is 2. The van der Waals surface area contributed by atoms with Crippen LogP contribution in [0.1, 0.15) is 18.4 Å². The lowest BCUT2D eigenvalue weighted by Gasteiger charge is -2.17. The maximum absolute atomic E-state index is 12.1. The van der Waals surface area contributed by atoms with Crippen LogP contribution >= 0.6 is 0 Å². The Kier molecular flexibility index (Phi) is 6.84. The van der Waals surface area contributed by atoms with E-state index in [1.54, 1.807) is 23.1 Å². The van der Waals surface area contributed by atoms with Gasteiger partial charge in [0.1, 0.15) is 5.75 Å². The van der Waals surface area contributed by atoms with Crippen LogP contribution in [0.5, 0.6) is 5.75 Å². The predicted octanol–water partition coefficient (Wildman–Crippen LogP) is 2.25. The zero-order valence-electron chi connectivity index (χ0n) is 16.0. The zero-order chi connectivity index (χ0) is 20.6. The third kappa shape index (κ3) is 5.81. The van der Waals surface area contributed by atoms with Gasteiger partial charge < -0.3 is 20.1 Å². The van der Waals surface area contributed by atoms with Crippen LogP contribution in [-0.2, 0) is 20.8 Å². The fraction of sp³-hybridized carbons (Fsp3) is 0.318. The van der Waals surface area contributed by atoms with E-state index in [0.29, 0.717) is 25.1 Å². The van der Waals surface area contributed by atoms with Crippen LogP contribution in [0, 0.1) is 5.92 Å². The van der Waals surface area contributed by atoms with Crippen LogP contribution in [0.2, 0.25) is 0 Å². The molecule has 7 heteroatoms. The molecule has 2 amide bonds. The molecule has 1 atom stereocenters. The first-order valence-electron chi connectivity index (χ1n) is 9.59. The predicted molar refractivity (Wildman–Crippen MR) is 108 cm³/mol. The molecule has 1 heterocycles. The molecule has 1 aliphatic heterocycles. The number of carbonyl (C=O) groups excluding carboxylic acids is 2. The summed E-state index contributed by atoms with van der Waals surface area (Å²) in [5.41, 5.74) is 1.65. The second kappa shape index (κ2) is 9.73. The number of amides is 2. The molecule has 0 radical (unpaired) electrons. The molecule has 152 valence electrons. The Labute approximate surface area is 169 Å². The quantitative estimate of drug-likeness (QED) is 0.678. The first-order chi connectivity index (χ1) is 14.0. The minimum atomic E-state index is -0.960. The van der Waals surface area contributed by atoms with Crippen LogP contribution in [0.4, 0.5) is 5.69 Å². The summed E-state index contributed by atoms with van der Waals surface area (Å²) < 4.78 is 5.52. The number of anilines is 1. The molecule has 0 saturated carbocycles. The highest BCUT2D eigenvalue weighted by Crippen LogP contribution is 2.25. The van der Waals surface area contributed by atoms with Gasteiger partial charge in [-0.15, -0.1) is 0 Å². The molecule has 29 heavy (non-hydrogen) atoms. The van der Waals surface area contributed by atoms with Crippen molar-refractivity contribution in [3.8, 4) is 5.75 Å². The van der Waals surface area contributed by atoms with Crippen molar-refractivity contribution in [3.05, 3.63) is 60.2 Å². The molecule has 1 unspecified atom stereocenters. The lowest BCUT2D eigenvalue weighted by molar-refractivity contribution is -0.141. The number of carboxylic acid groups (broad SMARTS) is 1. The van der Waals surface area contributed by atoms with Crippen molar-refractivity contribution in [1.82, 2.24) is 5.32 Å². The maximum Gasteiger partial charge on any atom is 0.308 e. The number of carbonyl (C=O) groups is 3. The summed E-state index contributed by atoms with van der Waals surface area (Å²) in [5.74, 6) is -1.51. The van der Waals surface area contributed by atoms with E-state index in [2.05, 4.69) is 5.32 Å². The van der Waals surface area contributed by atoms with Gasteiger partial charge in [-0.25, -0.2) is 0 Å². The molecule has 1 fully saturated rings. The van der Waals surface area contributed by atoms with E-state index in [1.165, 1.54) is 0 Å². The van der Waals surface area contributed by atoms with Gasteiger partial charge in [-0.3, -0.25) is 14.4 Å². The second-order valence-corrected chi connectivity index (χ2v) is 6.96. The first kappa shape index (κ1) is 20.4. The third-order valence-electron chi connectivity index (χ3n) is 4.79. The second-order valence-electron chi connectivity index (χ2n) is 6.96. The number of rotatable bonds is 9. The number of ether oxygens (including phenoxy) is 1. The molecule has 2 aromatic carbocycles. The van der Waals surface area contributed by atoms with Gasteiger partial charge in [0.05, 0.1) is 5.92 Å². The van der Waals surface area contributed by atoms with Crippen molar-refractivity contribution in [1.29, 1.82) is 0 Å². The SMILES string of the molecule is O=C(COc1cccc(N2CCCC2=O)c1)NCC(Cc1ccccc1)C(=O)O. The van der Waals surface area contributed by atoms with E-state index >= 15 is 0 Å². The molecule has 0 aliphatic carbocycles. The summed E-state index contributed by atoms with van der Waals surface area (Å²) in [4.78, 5) is 37.1. The topological polar surface area (TPSA) is 95.9 Å². The number of aliphatic carboxylic acids is 1. The zero-order valence-corrected chi connectivity index (χ0v) is 16.0. The molecule has 0 spiro atoms. The number of nitrogens with one attached hydrogen (secondary N) is 1. The van der Waals surface area contributed by atoms with Crippen LogP contribution in [0.25, 0.3) is 0 Å². The summed E-state index contributed by atoms with van der Waals surface area (Å²) in [6.45, 7) is 0.477. The van der Waals surface area contributed by atoms with Crippen molar-refractivity contribution in [2.45, 2.75) is 19.3 Å². The van der Waals surface area contributed by atoms with Crippen molar-refractivity contribution in [3.63, 3.8) is 0 Å². The Bertz CT molecular complexity index is 869. The van der Waals surface area contributed by atoms with E-state index < -0.39 is 17.8 Å². The van der Waals surface area contributed by atoms with Crippen LogP contribution < -0.4 is 15.0 Å². The number of hydrogen-bond acceptors (Lipinski definition) is 4. The van der Waals surface area contributed by atoms with E-state index in [1.807, 2.05) is 36.4 Å². The van der Waals surface area contributed by atoms with Crippen molar-refractivity contribution >= 4 is 23.5 Å². The Morgan fingerprint density at radius 1 is 1.14 bits per heavy atom. The molecular weight excluding hydrogens is 372 g/mol. The molecular formula is C22H24N2O5. The summed E-state index contributed by atoms with van der Waals surface area (Å²) in [7, 11) is 0. The van der Waals surface area contributed by atoms with Gasteiger partial charge >= 0.3 is 5.97 Å². The largest absolute Gasteiger partial charge is 0.484 e. The monoisotopic (exact) mass is 396 g/mol. The molecule has 0 aromatic heterocycles. The summed E-state index contributed by atoms with van der Waals surface area (Å²) in [6, 6.07) is 16.3. The van der Waals surface area contributed by atoms with Crippen LogP contribution in [0.3, 0.4) is 0 Å². The molecule has 7 nitrogen and oxygen atoms in total. The van der Waals surface area contributed by atoms with Gasteiger partial charge in [0, 0.05) is 31.3 Å². The van der Waals surface area contributed by atoms with Crippen molar-refractivity contribution < 1.29 is 24.2 Å². The smallest absolute Gasteiger partial charge is 0.308 e. The Morgan fingerprint density at radius 2 is 1.93 bits per heavy atom. The average Bonchev–Trinajstić information content (AvgIpc) is 3.16. The van der Waals surface area contributed by atoms with Crippen molar-refractivity contribution in [2.75, 3.05) is 24.6 Å².